The van der Waals surface area contributed by atoms with Gasteiger partial charge < -0.3 is 15.7 Å². The van der Waals surface area contributed by atoms with Gasteiger partial charge in [-0.3, -0.25) is 9.59 Å². The number of amides is 2. The van der Waals surface area contributed by atoms with Crippen LogP contribution in [0.2, 0.25) is 0 Å². The average Bonchev–Trinajstić information content (AvgIpc) is 3.11. The Morgan fingerprint density at radius 2 is 2.29 bits per heavy atom. The van der Waals surface area contributed by atoms with Crippen LogP contribution in [0.5, 0.6) is 0 Å². The lowest BCUT2D eigenvalue weighted by Gasteiger charge is -2.11. The Balaban J connectivity index is 1.64. The molecule has 1 atom stereocenters. The molecule has 2 amide bonds. The zero-order chi connectivity index (χ0) is 14.8. The lowest BCUT2D eigenvalue weighted by Crippen LogP contribution is -2.28. The van der Waals surface area contributed by atoms with Crippen LogP contribution in [-0.4, -0.2) is 23.5 Å². The maximum Gasteiger partial charge on any atom is 0.251 e. The predicted molar refractivity (Wildman–Crippen MR) is 80.4 cm³/mol. The first-order chi connectivity index (χ1) is 10.1. The van der Waals surface area contributed by atoms with E-state index in [-0.39, 0.29) is 18.4 Å². The van der Waals surface area contributed by atoms with Gasteiger partial charge in [0.05, 0.1) is 12.5 Å². The molecule has 0 saturated carbocycles. The van der Waals surface area contributed by atoms with Gasteiger partial charge in [-0.1, -0.05) is 6.07 Å². The Bertz CT molecular complexity index is 682. The molecule has 1 aromatic carbocycles. The van der Waals surface area contributed by atoms with Gasteiger partial charge in [0.2, 0.25) is 5.91 Å². The fourth-order valence-electron chi connectivity index (χ4n) is 2.23. The SMILES string of the molecule is O=C1Cc2ccc(C(=O)NCC(O)c3ccsc3)cc2N1. The maximum atomic E-state index is 12.1. The van der Waals surface area contributed by atoms with E-state index in [1.165, 1.54) is 11.3 Å². The molecule has 2 heterocycles. The van der Waals surface area contributed by atoms with Crippen LogP contribution < -0.4 is 10.6 Å². The normalized spacial score (nSPS) is 14.4. The molecule has 0 spiro atoms. The van der Waals surface area contributed by atoms with Crippen molar-refractivity contribution in [2.75, 3.05) is 11.9 Å². The van der Waals surface area contributed by atoms with Crippen LogP contribution >= 0.6 is 11.3 Å². The van der Waals surface area contributed by atoms with E-state index in [0.717, 1.165) is 11.1 Å². The molecule has 2 aromatic rings. The summed E-state index contributed by atoms with van der Waals surface area (Å²) < 4.78 is 0. The molecule has 3 N–H and O–H groups in total. The number of nitrogens with one attached hydrogen (secondary N) is 2. The third-order valence-electron chi connectivity index (χ3n) is 3.38. The van der Waals surface area contributed by atoms with Gasteiger partial charge >= 0.3 is 0 Å². The maximum absolute atomic E-state index is 12.1. The van der Waals surface area contributed by atoms with Gasteiger partial charge in [0.15, 0.2) is 0 Å². The second-order valence-electron chi connectivity index (χ2n) is 4.88. The molecule has 0 radical (unpaired) electrons. The van der Waals surface area contributed by atoms with Crippen molar-refractivity contribution >= 4 is 28.8 Å². The summed E-state index contributed by atoms with van der Waals surface area (Å²) in [5.41, 5.74) is 2.84. The van der Waals surface area contributed by atoms with Gasteiger partial charge in [-0.25, -0.2) is 0 Å². The highest BCUT2D eigenvalue weighted by Gasteiger charge is 2.19. The lowest BCUT2D eigenvalue weighted by molar-refractivity contribution is -0.115. The molecule has 6 heteroatoms. The Morgan fingerprint density at radius 1 is 1.43 bits per heavy atom. The molecule has 0 bridgehead atoms. The Labute approximate surface area is 125 Å². The first-order valence-corrected chi connectivity index (χ1v) is 7.49. The van der Waals surface area contributed by atoms with E-state index in [9.17, 15) is 14.7 Å². The summed E-state index contributed by atoms with van der Waals surface area (Å²) in [6.07, 6.45) is -0.358. The number of benzene rings is 1. The van der Waals surface area contributed by atoms with Gasteiger partial charge in [-0.2, -0.15) is 11.3 Å². The smallest absolute Gasteiger partial charge is 0.251 e. The number of aliphatic hydroxyl groups excluding tert-OH is 1. The van der Waals surface area contributed by atoms with Crippen LogP contribution in [0.15, 0.2) is 35.0 Å². The van der Waals surface area contributed by atoms with Gasteiger partial charge in [0.1, 0.15) is 0 Å². The quantitative estimate of drug-likeness (QED) is 0.804. The van der Waals surface area contributed by atoms with Crippen LogP contribution in [0.25, 0.3) is 0 Å². The molecule has 5 nitrogen and oxygen atoms in total. The summed E-state index contributed by atoms with van der Waals surface area (Å²) >= 11 is 1.50. The third-order valence-corrected chi connectivity index (χ3v) is 4.08. The van der Waals surface area contributed by atoms with Gasteiger partial charge in [0.25, 0.3) is 5.91 Å². The topological polar surface area (TPSA) is 78.4 Å². The van der Waals surface area contributed by atoms with E-state index in [1.807, 2.05) is 16.8 Å². The molecular weight excluding hydrogens is 288 g/mol. The fourth-order valence-corrected chi connectivity index (χ4v) is 2.94. The molecule has 21 heavy (non-hydrogen) atoms. The highest BCUT2D eigenvalue weighted by Crippen LogP contribution is 2.24. The third kappa shape index (κ3) is 2.96. The number of carbonyl (C=O) groups is 2. The summed E-state index contributed by atoms with van der Waals surface area (Å²) in [6, 6.07) is 6.95. The van der Waals surface area contributed by atoms with E-state index >= 15 is 0 Å². The largest absolute Gasteiger partial charge is 0.387 e. The number of anilines is 1. The number of hydrogen-bond acceptors (Lipinski definition) is 4. The second kappa shape index (κ2) is 5.67. The minimum Gasteiger partial charge on any atom is -0.387 e. The molecule has 0 saturated heterocycles. The van der Waals surface area contributed by atoms with Crippen molar-refractivity contribution in [1.82, 2.24) is 5.32 Å². The fraction of sp³-hybridized carbons (Fsp3) is 0.200. The van der Waals surface area contributed by atoms with Gasteiger partial charge in [-0.05, 0) is 40.1 Å². The second-order valence-corrected chi connectivity index (χ2v) is 5.66. The average molecular weight is 302 g/mol. The van der Waals surface area contributed by atoms with E-state index in [2.05, 4.69) is 10.6 Å². The first kappa shape index (κ1) is 13.8. The molecule has 0 aliphatic carbocycles. The summed E-state index contributed by atoms with van der Waals surface area (Å²) in [4.78, 5) is 23.4. The molecule has 1 aliphatic rings. The van der Waals surface area contributed by atoms with E-state index in [1.54, 1.807) is 18.2 Å². The van der Waals surface area contributed by atoms with E-state index < -0.39 is 6.10 Å². The summed E-state index contributed by atoms with van der Waals surface area (Å²) in [5.74, 6) is -0.330. The summed E-state index contributed by atoms with van der Waals surface area (Å²) in [5, 5.41) is 19.1. The van der Waals surface area contributed by atoms with Crippen LogP contribution in [0.3, 0.4) is 0 Å². The van der Waals surface area contributed by atoms with Crippen molar-refractivity contribution in [2.45, 2.75) is 12.5 Å². The monoisotopic (exact) mass is 302 g/mol. The standard InChI is InChI=1S/C15H14N2O3S/c18-13(11-3-4-21-8-11)7-16-15(20)10-2-1-9-6-14(19)17-12(9)5-10/h1-5,8,13,18H,6-7H2,(H,16,20)(H,17,19). The van der Waals surface area contributed by atoms with E-state index in [4.69, 9.17) is 0 Å². The molecular formula is C15H14N2O3S. The van der Waals surface area contributed by atoms with Crippen molar-refractivity contribution in [2.24, 2.45) is 0 Å². The highest BCUT2D eigenvalue weighted by atomic mass is 32.1. The van der Waals surface area contributed by atoms with Crippen LogP contribution in [0.1, 0.15) is 27.6 Å². The zero-order valence-corrected chi connectivity index (χ0v) is 11.9. The number of fused-ring (bicyclic) bond motifs is 1. The minimum absolute atomic E-state index is 0.0598. The highest BCUT2D eigenvalue weighted by molar-refractivity contribution is 7.07. The molecule has 1 unspecified atom stereocenters. The van der Waals surface area contributed by atoms with Gasteiger partial charge in [0, 0.05) is 17.8 Å². The zero-order valence-electron chi connectivity index (χ0n) is 11.1. The number of thiophene rings is 1. The first-order valence-electron chi connectivity index (χ1n) is 6.54. The van der Waals surface area contributed by atoms with Crippen LogP contribution in [-0.2, 0) is 11.2 Å². The van der Waals surface area contributed by atoms with Gasteiger partial charge in [-0.15, -0.1) is 0 Å². The van der Waals surface area contributed by atoms with E-state index in [0.29, 0.717) is 17.7 Å². The summed E-state index contributed by atoms with van der Waals surface area (Å²) in [7, 11) is 0. The molecule has 1 aromatic heterocycles. The lowest BCUT2D eigenvalue weighted by atomic mass is 10.1. The number of carbonyl (C=O) groups excluding carboxylic acids is 2. The number of aliphatic hydroxyl groups is 1. The van der Waals surface area contributed by atoms with Crippen LogP contribution in [0.4, 0.5) is 5.69 Å². The van der Waals surface area contributed by atoms with Crippen molar-refractivity contribution in [3.05, 3.63) is 51.7 Å². The molecule has 108 valence electrons. The molecule has 3 rings (SSSR count). The van der Waals surface area contributed by atoms with Crippen molar-refractivity contribution in [3.8, 4) is 0 Å². The minimum atomic E-state index is -0.714. The Morgan fingerprint density at radius 3 is 3.05 bits per heavy atom. The Hall–Kier alpha value is -2.18. The predicted octanol–water partition coefficient (Wildman–Crippen LogP) is 1.71. The van der Waals surface area contributed by atoms with Crippen molar-refractivity contribution in [1.29, 1.82) is 0 Å². The van der Waals surface area contributed by atoms with Crippen molar-refractivity contribution < 1.29 is 14.7 Å². The molecule has 1 aliphatic heterocycles. The number of rotatable bonds is 4. The molecule has 0 fully saturated rings. The Kier molecular flexibility index (Phi) is 3.72. The summed E-state index contributed by atoms with van der Waals surface area (Å²) in [6.45, 7) is 0.152. The van der Waals surface area contributed by atoms with Crippen LogP contribution in [0, 0.1) is 0 Å². The number of hydrogen-bond donors (Lipinski definition) is 3. The van der Waals surface area contributed by atoms with Crippen molar-refractivity contribution in [3.63, 3.8) is 0 Å².